The zero-order chi connectivity index (χ0) is 11.7. The monoisotopic (exact) mass is 220 g/mol. The molecule has 0 amide bonds. The van der Waals surface area contributed by atoms with Crippen LogP contribution in [0.5, 0.6) is 0 Å². The molecule has 0 heterocycles. The molecular formula is C10H24N2O3. The van der Waals surface area contributed by atoms with E-state index in [0.29, 0.717) is 13.1 Å². The molecule has 0 saturated carbocycles. The molecule has 0 spiro atoms. The van der Waals surface area contributed by atoms with Gasteiger partial charge in [-0.15, -0.1) is 0 Å². The van der Waals surface area contributed by atoms with Crippen molar-refractivity contribution in [1.29, 1.82) is 0 Å². The van der Waals surface area contributed by atoms with Gasteiger partial charge in [-0.1, -0.05) is 6.92 Å². The van der Waals surface area contributed by atoms with Crippen molar-refractivity contribution in [2.75, 3.05) is 26.3 Å². The molecule has 0 radical (unpaired) electrons. The maximum Gasteiger partial charge on any atom is 0.0687 e. The Morgan fingerprint density at radius 1 is 1.07 bits per heavy atom. The van der Waals surface area contributed by atoms with Gasteiger partial charge in [0.2, 0.25) is 0 Å². The highest BCUT2D eigenvalue weighted by atomic mass is 16.3. The summed E-state index contributed by atoms with van der Waals surface area (Å²) in [5.41, 5.74) is 0. The van der Waals surface area contributed by atoms with Crippen LogP contribution in [0.25, 0.3) is 0 Å². The van der Waals surface area contributed by atoms with Crippen molar-refractivity contribution < 1.29 is 15.3 Å². The molecule has 15 heavy (non-hydrogen) atoms. The Morgan fingerprint density at radius 3 is 2.07 bits per heavy atom. The molecule has 5 heteroatoms. The average Bonchev–Trinajstić information content (AvgIpc) is 2.23. The molecule has 0 aromatic rings. The fourth-order valence-electron chi connectivity index (χ4n) is 1.26. The van der Waals surface area contributed by atoms with Crippen LogP contribution in [0.3, 0.4) is 0 Å². The summed E-state index contributed by atoms with van der Waals surface area (Å²) >= 11 is 0. The van der Waals surface area contributed by atoms with Crippen molar-refractivity contribution in [1.82, 2.24) is 10.6 Å². The highest BCUT2D eigenvalue weighted by molar-refractivity contribution is 4.72. The Balaban J connectivity index is 3.51. The maximum absolute atomic E-state index is 9.23. The van der Waals surface area contributed by atoms with Gasteiger partial charge >= 0.3 is 0 Å². The number of aliphatic hydroxyl groups is 3. The lowest BCUT2D eigenvalue weighted by Crippen LogP contribution is -2.45. The van der Waals surface area contributed by atoms with Gasteiger partial charge in [0.1, 0.15) is 0 Å². The van der Waals surface area contributed by atoms with Gasteiger partial charge in [-0.2, -0.15) is 0 Å². The van der Waals surface area contributed by atoms with E-state index < -0.39 is 6.10 Å². The second kappa shape index (κ2) is 9.06. The van der Waals surface area contributed by atoms with E-state index in [0.717, 1.165) is 6.42 Å². The molecular weight excluding hydrogens is 196 g/mol. The molecule has 1 unspecified atom stereocenters. The third-order valence-electron chi connectivity index (χ3n) is 2.46. The van der Waals surface area contributed by atoms with Crippen molar-refractivity contribution >= 4 is 0 Å². The first kappa shape index (κ1) is 14.8. The van der Waals surface area contributed by atoms with Gasteiger partial charge in [-0.3, -0.25) is 0 Å². The van der Waals surface area contributed by atoms with E-state index in [9.17, 15) is 5.11 Å². The molecule has 0 fully saturated rings. The van der Waals surface area contributed by atoms with Crippen LogP contribution in [-0.2, 0) is 0 Å². The molecule has 0 bridgehead atoms. The fourth-order valence-corrected chi connectivity index (χ4v) is 1.26. The third kappa shape index (κ3) is 6.81. The maximum atomic E-state index is 9.23. The van der Waals surface area contributed by atoms with Gasteiger partial charge in [0.25, 0.3) is 0 Å². The topological polar surface area (TPSA) is 84.8 Å². The van der Waals surface area contributed by atoms with E-state index >= 15 is 0 Å². The largest absolute Gasteiger partial charge is 0.395 e. The van der Waals surface area contributed by atoms with Crippen molar-refractivity contribution in [3.63, 3.8) is 0 Å². The van der Waals surface area contributed by atoms with E-state index in [-0.39, 0.29) is 25.3 Å². The quantitative estimate of drug-likeness (QED) is 0.311. The minimum Gasteiger partial charge on any atom is -0.395 e. The first-order valence-corrected chi connectivity index (χ1v) is 5.52. The number of nitrogens with one attached hydrogen (secondary N) is 2. The molecule has 0 saturated heterocycles. The first-order chi connectivity index (χ1) is 7.15. The van der Waals surface area contributed by atoms with Crippen molar-refractivity contribution in [2.24, 2.45) is 0 Å². The summed E-state index contributed by atoms with van der Waals surface area (Å²) in [7, 11) is 0. The van der Waals surface area contributed by atoms with E-state index in [1.807, 2.05) is 6.92 Å². The molecule has 0 aliphatic heterocycles. The normalized spacial score (nSPS) is 17.4. The van der Waals surface area contributed by atoms with Crippen LogP contribution < -0.4 is 10.6 Å². The van der Waals surface area contributed by atoms with Crippen LogP contribution in [0.15, 0.2) is 0 Å². The van der Waals surface area contributed by atoms with Crippen LogP contribution in [0.4, 0.5) is 0 Å². The summed E-state index contributed by atoms with van der Waals surface area (Å²) in [6, 6.07) is -0.146. The van der Waals surface area contributed by atoms with Gasteiger partial charge in [-0.05, 0) is 13.3 Å². The van der Waals surface area contributed by atoms with E-state index in [2.05, 4.69) is 10.6 Å². The van der Waals surface area contributed by atoms with Crippen LogP contribution >= 0.6 is 0 Å². The van der Waals surface area contributed by atoms with Crippen LogP contribution in [-0.4, -0.2) is 59.8 Å². The molecule has 0 aromatic carbocycles. The van der Waals surface area contributed by atoms with E-state index in [1.54, 1.807) is 6.92 Å². The first-order valence-electron chi connectivity index (χ1n) is 5.52. The number of rotatable bonds is 9. The average molecular weight is 220 g/mol. The van der Waals surface area contributed by atoms with Gasteiger partial charge in [0, 0.05) is 19.1 Å². The zero-order valence-electron chi connectivity index (χ0n) is 9.61. The van der Waals surface area contributed by atoms with Gasteiger partial charge in [0.15, 0.2) is 0 Å². The molecule has 3 atom stereocenters. The number of hydrogen-bond acceptors (Lipinski definition) is 5. The minimum absolute atomic E-state index is 0.0745. The smallest absolute Gasteiger partial charge is 0.0687 e. The molecule has 0 rings (SSSR count). The molecule has 0 aliphatic carbocycles. The Hall–Kier alpha value is -0.200. The molecule has 0 aliphatic rings. The predicted molar refractivity (Wildman–Crippen MR) is 59.7 cm³/mol. The summed E-state index contributed by atoms with van der Waals surface area (Å²) in [5, 5.41) is 33.2. The van der Waals surface area contributed by atoms with E-state index in [4.69, 9.17) is 10.2 Å². The van der Waals surface area contributed by atoms with Crippen molar-refractivity contribution in [2.45, 2.75) is 38.5 Å². The van der Waals surface area contributed by atoms with Crippen LogP contribution in [0, 0.1) is 0 Å². The summed E-state index contributed by atoms with van der Waals surface area (Å²) in [6.07, 6.45) is 0.325. The highest BCUT2D eigenvalue weighted by Crippen LogP contribution is 1.91. The second-order valence-corrected chi connectivity index (χ2v) is 3.73. The van der Waals surface area contributed by atoms with Gasteiger partial charge in [-0.25, -0.2) is 0 Å². The van der Waals surface area contributed by atoms with Crippen molar-refractivity contribution in [3.8, 4) is 0 Å². The Kier molecular flexibility index (Phi) is 8.94. The minimum atomic E-state index is -0.560. The number of hydrogen-bond donors (Lipinski definition) is 5. The standard InChI is InChI=1S/C10H24N2O3/c1-3-9(6-13)11-4-5-12-10(7-14)8(2)15/h8-15H,3-7H2,1-2H3/t8?,9-,10+/m0/s1. The summed E-state index contributed by atoms with van der Waals surface area (Å²) in [5.74, 6) is 0. The van der Waals surface area contributed by atoms with Crippen LogP contribution in [0.2, 0.25) is 0 Å². The fraction of sp³-hybridized carbons (Fsp3) is 1.00. The molecule has 92 valence electrons. The second-order valence-electron chi connectivity index (χ2n) is 3.73. The Morgan fingerprint density at radius 2 is 1.67 bits per heavy atom. The molecule has 0 aromatic heterocycles. The van der Waals surface area contributed by atoms with Gasteiger partial charge < -0.3 is 26.0 Å². The highest BCUT2D eigenvalue weighted by Gasteiger charge is 2.12. The third-order valence-corrected chi connectivity index (χ3v) is 2.46. The lowest BCUT2D eigenvalue weighted by molar-refractivity contribution is 0.104. The lowest BCUT2D eigenvalue weighted by Gasteiger charge is -2.20. The summed E-state index contributed by atoms with van der Waals surface area (Å²) in [6.45, 7) is 5.08. The predicted octanol–water partition coefficient (Wildman–Crippen LogP) is -1.32. The molecule has 5 N–H and O–H groups in total. The Labute approximate surface area is 91.5 Å². The summed E-state index contributed by atoms with van der Waals surface area (Å²) in [4.78, 5) is 0. The lowest BCUT2D eigenvalue weighted by atomic mass is 10.2. The molecule has 5 nitrogen and oxygen atoms in total. The van der Waals surface area contributed by atoms with Crippen LogP contribution in [0.1, 0.15) is 20.3 Å². The zero-order valence-corrected chi connectivity index (χ0v) is 9.61. The SMILES string of the molecule is CC[C@@H](CO)NCCN[C@H](CO)C(C)O. The Bertz CT molecular complexity index is 141. The van der Waals surface area contributed by atoms with E-state index in [1.165, 1.54) is 0 Å². The number of aliphatic hydroxyl groups excluding tert-OH is 3. The van der Waals surface area contributed by atoms with Gasteiger partial charge in [0.05, 0.1) is 25.4 Å². The summed E-state index contributed by atoms with van der Waals surface area (Å²) < 4.78 is 0. The van der Waals surface area contributed by atoms with Crippen molar-refractivity contribution in [3.05, 3.63) is 0 Å².